The number of carbonyl (C=O) groups is 2. The summed E-state index contributed by atoms with van der Waals surface area (Å²) in [6, 6.07) is 5.21. The second-order valence-electron chi connectivity index (χ2n) is 5.80. The van der Waals surface area contributed by atoms with Gasteiger partial charge in [0.2, 0.25) is 0 Å². The van der Waals surface area contributed by atoms with Gasteiger partial charge in [-0.3, -0.25) is 9.59 Å². The van der Waals surface area contributed by atoms with E-state index in [-0.39, 0.29) is 18.9 Å². The van der Waals surface area contributed by atoms with Crippen molar-refractivity contribution in [1.29, 1.82) is 0 Å². The summed E-state index contributed by atoms with van der Waals surface area (Å²) in [6.07, 6.45) is 1.19. The third-order valence-electron chi connectivity index (χ3n) is 3.86. The number of aromatic nitrogens is 1. The number of rotatable bonds is 8. The van der Waals surface area contributed by atoms with Crippen LogP contribution >= 0.6 is 23.2 Å². The van der Waals surface area contributed by atoms with Crippen LogP contribution in [0.15, 0.2) is 22.7 Å². The number of aryl methyl sites for hydroxylation is 2. The van der Waals surface area contributed by atoms with Crippen LogP contribution in [-0.2, 0) is 27.2 Å². The Labute approximate surface area is 161 Å². The number of amides is 1. The maximum atomic E-state index is 11.8. The van der Waals surface area contributed by atoms with Crippen molar-refractivity contribution < 1.29 is 18.8 Å². The van der Waals surface area contributed by atoms with E-state index >= 15 is 0 Å². The lowest BCUT2D eigenvalue weighted by molar-refractivity contribution is -0.148. The fourth-order valence-corrected chi connectivity index (χ4v) is 2.92. The largest absolute Gasteiger partial charge is 0.456 e. The zero-order valence-corrected chi connectivity index (χ0v) is 16.1. The van der Waals surface area contributed by atoms with E-state index in [1.54, 1.807) is 19.1 Å². The molecule has 8 heteroatoms. The molecule has 140 valence electrons. The molecular weight excluding hydrogens is 379 g/mol. The van der Waals surface area contributed by atoms with Gasteiger partial charge in [0.15, 0.2) is 6.61 Å². The van der Waals surface area contributed by atoms with Crippen molar-refractivity contribution in [3.05, 3.63) is 50.8 Å². The van der Waals surface area contributed by atoms with Crippen LogP contribution in [0, 0.1) is 13.8 Å². The molecule has 0 bridgehead atoms. The molecule has 26 heavy (non-hydrogen) atoms. The van der Waals surface area contributed by atoms with Gasteiger partial charge in [0, 0.05) is 28.6 Å². The van der Waals surface area contributed by atoms with E-state index in [2.05, 4.69) is 10.5 Å². The van der Waals surface area contributed by atoms with Crippen molar-refractivity contribution in [2.24, 2.45) is 0 Å². The molecule has 6 nitrogen and oxygen atoms in total. The zero-order chi connectivity index (χ0) is 19.1. The van der Waals surface area contributed by atoms with Gasteiger partial charge in [0.1, 0.15) is 5.76 Å². The van der Waals surface area contributed by atoms with Gasteiger partial charge in [0.25, 0.3) is 5.91 Å². The average Bonchev–Trinajstić information content (AvgIpc) is 2.91. The van der Waals surface area contributed by atoms with Crippen molar-refractivity contribution in [2.75, 3.05) is 13.2 Å². The summed E-state index contributed by atoms with van der Waals surface area (Å²) in [4.78, 5) is 23.5. The second kappa shape index (κ2) is 9.59. The van der Waals surface area contributed by atoms with Gasteiger partial charge in [-0.25, -0.2) is 0 Å². The first-order chi connectivity index (χ1) is 12.4. The van der Waals surface area contributed by atoms with Gasteiger partial charge >= 0.3 is 5.97 Å². The lowest BCUT2D eigenvalue weighted by Gasteiger charge is -2.08. The van der Waals surface area contributed by atoms with Crippen LogP contribution in [0.2, 0.25) is 10.0 Å². The van der Waals surface area contributed by atoms with Crippen molar-refractivity contribution in [3.63, 3.8) is 0 Å². The SMILES string of the molecule is Cc1noc(C)c1CCC(=O)OCC(=O)NCCc1ccc(Cl)cc1Cl. The maximum Gasteiger partial charge on any atom is 0.306 e. The van der Waals surface area contributed by atoms with Crippen LogP contribution in [0.4, 0.5) is 0 Å². The van der Waals surface area contributed by atoms with Crippen LogP contribution in [-0.4, -0.2) is 30.2 Å². The van der Waals surface area contributed by atoms with Gasteiger partial charge in [-0.15, -0.1) is 0 Å². The molecule has 0 atom stereocenters. The smallest absolute Gasteiger partial charge is 0.306 e. The van der Waals surface area contributed by atoms with Crippen molar-refractivity contribution >= 4 is 35.1 Å². The molecule has 0 saturated heterocycles. The molecule has 2 aromatic rings. The molecule has 1 heterocycles. The van der Waals surface area contributed by atoms with E-state index in [0.29, 0.717) is 35.2 Å². The van der Waals surface area contributed by atoms with E-state index in [0.717, 1.165) is 16.8 Å². The molecule has 0 saturated carbocycles. The van der Waals surface area contributed by atoms with Gasteiger partial charge in [-0.1, -0.05) is 34.4 Å². The predicted molar refractivity (Wildman–Crippen MR) is 98.4 cm³/mol. The molecule has 0 spiro atoms. The molecule has 0 aliphatic heterocycles. The fourth-order valence-electron chi connectivity index (χ4n) is 2.42. The Morgan fingerprint density at radius 2 is 2.00 bits per heavy atom. The normalized spacial score (nSPS) is 10.6. The highest BCUT2D eigenvalue weighted by atomic mass is 35.5. The molecule has 1 aromatic heterocycles. The number of nitrogens with zero attached hydrogens (tertiary/aromatic N) is 1. The molecule has 2 rings (SSSR count). The van der Waals surface area contributed by atoms with Crippen molar-refractivity contribution in [1.82, 2.24) is 10.5 Å². The number of hydrogen-bond acceptors (Lipinski definition) is 5. The summed E-state index contributed by atoms with van der Waals surface area (Å²) in [5.41, 5.74) is 2.54. The van der Waals surface area contributed by atoms with Crippen molar-refractivity contribution in [3.8, 4) is 0 Å². The number of hydrogen-bond donors (Lipinski definition) is 1. The van der Waals surface area contributed by atoms with Crippen LogP contribution in [0.25, 0.3) is 0 Å². The quantitative estimate of drug-likeness (QED) is 0.688. The third kappa shape index (κ3) is 6.04. The summed E-state index contributed by atoms with van der Waals surface area (Å²) >= 11 is 11.9. The highest BCUT2D eigenvalue weighted by Crippen LogP contribution is 2.21. The first-order valence-corrected chi connectivity index (χ1v) is 8.90. The number of benzene rings is 1. The lowest BCUT2D eigenvalue weighted by Crippen LogP contribution is -2.30. The Morgan fingerprint density at radius 3 is 2.65 bits per heavy atom. The van der Waals surface area contributed by atoms with Crippen LogP contribution in [0.5, 0.6) is 0 Å². The summed E-state index contributed by atoms with van der Waals surface area (Å²) in [5.74, 6) is -0.115. The van der Waals surface area contributed by atoms with Crippen LogP contribution < -0.4 is 5.32 Å². The molecule has 0 unspecified atom stereocenters. The highest BCUT2D eigenvalue weighted by molar-refractivity contribution is 6.35. The second-order valence-corrected chi connectivity index (χ2v) is 6.64. The van der Waals surface area contributed by atoms with Crippen molar-refractivity contribution in [2.45, 2.75) is 33.1 Å². The molecule has 0 fully saturated rings. The number of esters is 1. The van der Waals surface area contributed by atoms with E-state index < -0.39 is 5.97 Å². The minimum atomic E-state index is -0.444. The zero-order valence-electron chi connectivity index (χ0n) is 14.6. The third-order valence-corrected chi connectivity index (χ3v) is 4.44. The van der Waals surface area contributed by atoms with E-state index in [9.17, 15) is 9.59 Å². The summed E-state index contributed by atoms with van der Waals surface area (Å²) < 4.78 is 10.0. The number of halogens is 2. The Kier molecular flexibility index (Phi) is 7.48. The summed E-state index contributed by atoms with van der Waals surface area (Å²) in [6.45, 7) is 3.68. The number of ether oxygens (including phenoxy) is 1. The lowest BCUT2D eigenvalue weighted by atomic mass is 10.1. The standard InChI is InChI=1S/C18H20Cl2N2O4/c1-11-15(12(2)26-22-11)5-6-18(24)25-10-17(23)21-8-7-13-3-4-14(19)9-16(13)20/h3-4,9H,5-8,10H2,1-2H3,(H,21,23). The molecular formula is C18H20Cl2N2O4. The number of carbonyl (C=O) groups excluding carboxylic acids is 2. The van der Waals surface area contributed by atoms with Crippen LogP contribution in [0.3, 0.4) is 0 Å². The number of nitrogens with one attached hydrogen (secondary N) is 1. The van der Waals surface area contributed by atoms with E-state index in [4.69, 9.17) is 32.5 Å². The van der Waals surface area contributed by atoms with Gasteiger partial charge in [-0.2, -0.15) is 0 Å². The molecule has 1 aromatic carbocycles. The van der Waals surface area contributed by atoms with Crippen LogP contribution in [0.1, 0.15) is 29.0 Å². The monoisotopic (exact) mass is 398 g/mol. The topological polar surface area (TPSA) is 81.4 Å². The maximum absolute atomic E-state index is 11.8. The Hall–Kier alpha value is -2.05. The Bertz CT molecular complexity index is 770. The Morgan fingerprint density at radius 1 is 1.23 bits per heavy atom. The average molecular weight is 399 g/mol. The molecule has 0 radical (unpaired) electrons. The molecule has 1 amide bonds. The van der Waals surface area contributed by atoms with E-state index in [1.807, 2.05) is 13.0 Å². The summed E-state index contributed by atoms with van der Waals surface area (Å²) in [5, 5.41) is 7.63. The summed E-state index contributed by atoms with van der Waals surface area (Å²) in [7, 11) is 0. The minimum Gasteiger partial charge on any atom is -0.456 e. The fraction of sp³-hybridized carbons (Fsp3) is 0.389. The molecule has 0 aliphatic rings. The van der Waals surface area contributed by atoms with Gasteiger partial charge in [-0.05, 0) is 44.4 Å². The first kappa shape index (κ1) is 20.3. The first-order valence-electron chi connectivity index (χ1n) is 8.15. The van der Waals surface area contributed by atoms with E-state index in [1.165, 1.54) is 0 Å². The molecule has 1 N–H and O–H groups in total. The van der Waals surface area contributed by atoms with Gasteiger partial charge < -0.3 is 14.6 Å². The minimum absolute atomic E-state index is 0.163. The highest BCUT2D eigenvalue weighted by Gasteiger charge is 2.13. The predicted octanol–water partition coefficient (Wildman–Crippen LogP) is 3.43. The Balaban J connectivity index is 1.65. The van der Waals surface area contributed by atoms with Gasteiger partial charge in [0.05, 0.1) is 5.69 Å². The molecule has 0 aliphatic carbocycles.